The van der Waals surface area contributed by atoms with E-state index in [1.165, 1.54) is 0 Å². The molecular weight excluding hydrogens is 306 g/mol. The van der Waals surface area contributed by atoms with E-state index in [9.17, 15) is 0 Å². The largest absolute Gasteiger partial charge is 0.323 e. The van der Waals surface area contributed by atoms with Crippen molar-refractivity contribution in [3.05, 3.63) is 38.8 Å². The van der Waals surface area contributed by atoms with E-state index in [2.05, 4.69) is 20.3 Å². The third-order valence-corrected chi connectivity index (χ3v) is 2.94. The van der Waals surface area contributed by atoms with Gasteiger partial charge in [0.2, 0.25) is 16.5 Å². The molecule has 1 aromatic carbocycles. The van der Waals surface area contributed by atoms with Gasteiger partial charge in [0.15, 0.2) is 0 Å². The first-order valence-corrected chi connectivity index (χ1v) is 5.85. The molecule has 1 N–H and O–H groups in total. The number of nitrogens with one attached hydrogen (secondary N) is 1. The molecule has 0 aliphatic carbocycles. The van der Waals surface area contributed by atoms with Gasteiger partial charge in [-0.3, -0.25) is 0 Å². The SMILES string of the molecule is Clc1nc(Cl)nc(Nc2cccc(Cl)c2Cl)n1. The minimum Gasteiger partial charge on any atom is -0.323 e. The molecule has 0 radical (unpaired) electrons. The average Bonchev–Trinajstić information content (AvgIpc) is 2.23. The minimum atomic E-state index is -0.00866. The maximum Gasteiger partial charge on any atom is 0.232 e. The second kappa shape index (κ2) is 5.23. The predicted octanol–water partition coefficient (Wildman–Crippen LogP) is 4.23. The molecule has 0 spiro atoms. The van der Waals surface area contributed by atoms with Crippen molar-refractivity contribution in [1.82, 2.24) is 15.0 Å². The molecule has 0 atom stereocenters. The van der Waals surface area contributed by atoms with E-state index in [1.54, 1.807) is 18.2 Å². The lowest BCUT2D eigenvalue weighted by atomic mass is 10.3. The number of nitrogens with zero attached hydrogens (tertiary/aromatic N) is 3. The second-order valence-corrected chi connectivity index (χ2v) is 4.38. The number of benzene rings is 1. The van der Waals surface area contributed by atoms with Crippen LogP contribution in [0.1, 0.15) is 0 Å². The van der Waals surface area contributed by atoms with Crippen molar-refractivity contribution < 1.29 is 0 Å². The number of anilines is 2. The first-order valence-electron chi connectivity index (χ1n) is 4.34. The summed E-state index contributed by atoms with van der Waals surface area (Å²) in [6.07, 6.45) is 0. The van der Waals surface area contributed by atoms with Crippen molar-refractivity contribution in [3.8, 4) is 0 Å². The third kappa shape index (κ3) is 3.10. The van der Waals surface area contributed by atoms with Crippen molar-refractivity contribution in [2.75, 3.05) is 5.32 Å². The lowest BCUT2D eigenvalue weighted by Gasteiger charge is -2.07. The number of halogens is 4. The summed E-state index contributed by atoms with van der Waals surface area (Å²) in [7, 11) is 0. The minimum absolute atomic E-state index is 0.00866. The van der Waals surface area contributed by atoms with Crippen LogP contribution in [0.4, 0.5) is 11.6 Å². The van der Waals surface area contributed by atoms with Crippen LogP contribution in [0.25, 0.3) is 0 Å². The van der Waals surface area contributed by atoms with Crippen LogP contribution >= 0.6 is 46.4 Å². The van der Waals surface area contributed by atoms with Crippen LogP contribution < -0.4 is 5.32 Å². The Morgan fingerprint density at radius 3 is 2.18 bits per heavy atom. The summed E-state index contributed by atoms with van der Waals surface area (Å²) in [4.78, 5) is 11.3. The lowest BCUT2D eigenvalue weighted by molar-refractivity contribution is 1.05. The van der Waals surface area contributed by atoms with E-state index < -0.39 is 0 Å². The second-order valence-electron chi connectivity index (χ2n) is 2.92. The molecule has 0 fully saturated rings. The molecule has 0 saturated carbocycles. The van der Waals surface area contributed by atoms with Crippen LogP contribution in [0.2, 0.25) is 20.6 Å². The Hall–Kier alpha value is -0.810. The number of hydrogen-bond donors (Lipinski definition) is 1. The molecule has 0 amide bonds. The fourth-order valence-electron chi connectivity index (χ4n) is 1.10. The number of aromatic nitrogens is 3. The van der Waals surface area contributed by atoms with Crippen LogP contribution in [-0.4, -0.2) is 15.0 Å². The van der Waals surface area contributed by atoms with Gasteiger partial charge < -0.3 is 5.32 Å². The first-order chi connectivity index (χ1) is 8.06. The third-order valence-electron chi connectivity index (χ3n) is 1.78. The maximum absolute atomic E-state index is 5.99. The molecule has 17 heavy (non-hydrogen) atoms. The standard InChI is InChI=1S/C9H4Cl4N4/c10-4-2-1-3-5(6(4)11)14-9-16-7(12)15-8(13)17-9/h1-3H,(H,14,15,16,17). The van der Waals surface area contributed by atoms with Gasteiger partial charge in [-0.25, -0.2) is 0 Å². The first kappa shape index (κ1) is 12.6. The summed E-state index contributed by atoms with van der Waals surface area (Å²) in [6.45, 7) is 0. The van der Waals surface area contributed by atoms with Gasteiger partial charge in [-0.05, 0) is 35.3 Å². The Balaban J connectivity index is 2.34. The maximum atomic E-state index is 5.99. The number of rotatable bonds is 2. The predicted molar refractivity (Wildman–Crippen MR) is 69.6 cm³/mol. The Bertz CT molecular complexity index is 540. The molecule has 8 heteroatoms. The lowest BCUT2D eigenvalue weighted by Crippen LogP contribution is -1.99. The topological polar surface area (TPSA) is 50.7 Å². The fraction of sp³-hybridized carbons (Fsp3) is 0. The summed E-state index contributed by atoms with van der Waals surface area (Å²) in [5.41, 5.74) is 0.553. The van der Waals surface area contributed by atoms with E-state index in [0.29, 0.717) is 15.7 Å². The summed E-state index contributed by atoms with van der Waals surface area (Å²) >= 11 is 23.1. The Labute approximate surface area is 117 Å². The van der Waals surface area contributed by atoms with Gasteiger partial charge in [0, 0.05) is 0 Å². The molecule has 0 saturated heterocycles. The van der Waals surface area contributed by atoms with Gasteiger partial charge >= 0.3 is 0 Å². The highest BCUT2D eigenvalue weighted by Crippen LogP contribution is 2.31. The van der Waals surface area contributed by atoms with Crippen molar-refractivity contribution in [2.45, 2.75) is 0 Å². The van der Waals surface area contributed by atoms with Gasteiger partial charge in [0.1, 0.15) is 0 Å². The van der Waals surface area contributed by atoms with E-state index >= 15 is 0 Å². The van der Waals surface area contributed by atoms with Gasteiger partial charge in [0.05, 0.1) is 15.7 Å². The number of hydrogen-bond acceptors (Lipinski definition) is 4. The Morgan fingerprint density at radius 1 is 0.882 bits per heavy atom. The zero-order chi connectivity index (χ0) is 12.4. The smallest absolute Gasteiger partial charge is 0.232 e. The Morgan fingerprint density at radius 2 is 1.53 bits per heavy atom. The van der Waals surface area contributed by atoms with Crippen molar-refractivity contribution in [1.29, 1.82) is 0 Å². The summed E-state index contributed by atoms with van der Waals surface area (Å²) < 4.78 is 0. The van der Waals surface area contributed by atoms with E-state index in [1.807, 2.05) is 0 Å². The van der Waals surface area contributed by atoms with Gasteiger partial charge in [0.25, 0.3) is 0 Å². The molecule has 0 aliphatic heterocycles. The zero-order valence-electron chi connectivity index (χ0n) is 8.09. The van der Waals surface area contributed by atoms with Crippen molar-refractivity contribution in [3.63, 3.8) is 0 Å². The highest BCUT2D eigenvalue weighted by atomic mass is 35.5. The van der Waals surface area contributed by atoms with Crippen molar-refractivity contribution >= 4 is 58.0 Å². The average molecular weight is 310 g/mol. The molecule has 2 aromatic rings. The van der Waals surface area contributed by atoms with Gasteiger partial charge in [-0.2, -0.15) is 15.0 Å². The van der Waals surface area contributed by atoms with Crippen LogP contribution in [0, 0.1) is 0 Å². The summed E-state index contributed by atoms with van der Waals surface area (Å²) in [5.74, 6) is 0.194. The molecule has 0 bridgehead atoms. The Kier molecular flexibility index (Phi) is 3.89. The molecule has 2 rings (SSSR count). The van der Waals surface area contributed by atoms with Crippen LogP contribution in [-0.2, 0) is 0 Å². The fourth-order valence-corrected chi connectivity index (χ4v) is 1.81. The molecule has 4 nitrogen and oxygen atoms in total. The normalized spacial score (nSPS) is 10.4. The van der Waals surface area contributed by atoms with E-state index in [0.717, 1.165) is 0 Å². The summed E-state index contributed by atoms with van der Waals surface area (Å²) in [5, 5.41) is 3.61. The zero-order valence-corrected chi connectivity index (χ0v) is 11.1. The van der Waals surface area contributed by atoms with Gasteiger partial charge in [-0.15, -0.1) is 0 Å². The highest BCUT2D eigenvalue weighted by molar-refractivity contribution is 6.43. The molecule has 0 aliphatic rings. The van der Waals surface area contributed by atoms with E-state index in [4.69, 9.17) is 46.4 Å². The van der Waals surface area contributed by atoms with Crippen LogP contribution in [0.5, 0.6) is 0 Å². The van der Waals surface area contributed by atoms with Crippen LogP contribution in [0.15, 0.2) is 18.2 Å². The summed E-state index contributed by atoms with van der Waals surface area (Å²) in [6, 6.07) is 5.13. The molecule has 0 unspecified atom stereocenters. The van der Waals surface area contributed by atoms with E-state index in [-0.39, 0.29) is 16.5 Å². The molecule has 1 heterocycles. The van der Waals surface area contributed by atoms with Gasteiger partial charge in [-0.1, -0.05) is 29.3 Å². The monoisotopic (exact) mass is 308 g/mol. The van der Waals surface area contributed by atoms with Crippen molar-refractivity contribution in [2.24, 2.45) is 0 Å². The molecule has 1 aromatic heterocycles. The molecular formula is C9H4Cl4N4. The highest BCUT2D eigenvalue weighted by Gasteiger charge is 2.08. The quantitative estimate of drug-likeness (QED) is 0.902. The van der Waals surface area contributed by atoms with Crippen LogP contribution in [0.3, 0.4) is 0 Å². The molecule has 88 valence electrons.